The second kappa shape index (κ2) is 9.92. The lowest BCUT2D eigenvalue weighted by Gasteiger charge is -2.16. The number of nitrogens with zero attached hydrogens (tertiary/aromatic N) is 3. The summed E-state index contributed by atoms with van der Waals surface area (Å²) in [7, 11) is 1.73. The van der Waals surface area contributed by atoms with Crippen LogP contribution in [0.25, 0.3) is 0 Å². The molecule has 0 unspecified atom stereocenters. The zero-order valence-electron chi connectivity index (χ0n) is 18.4. The third kappa shape index (κ3) is 5.52. The molecule has 8 heteroatoms. The van der Waals surface area contributed by atoms with Gasteiger partial charge in [0.15, 0.2) is 5.76 Å². The SMILES string of the molecule is CCn1cc(Br)c(CN(C)C(=O)c2ccc(COc3cc(C)c(Cl)cc3C(C)C)o2)n1. The van der Waals surface area contributed by atoms with E-state index in [4.69, 9.17) is 20.8 Å². The van der Waals surface area contributed by atoms with Gasteiger partial charge in [0.2, 0.25) is 0 Å². The molecule has 2 aromatic heterocycles. The van der Waals surface area contributed by atoms with Gasteiger partial charge in [-0.2, -0.15) is 5.10 Å². The number of hydrogen-bond acceptors (Lipinski definition) is 4. The Labute approximate surface area is 196 Å². The second-order valence-electron chi connectivity index (χ2n) is 7.79. The minimum Gasteiger partial charge on any atom is -0.485 e. The van der Waals surface area contributed by atoms with Crippen LogP contribution in [0.1, 0.15) is 59.8 Å². The number of halogens is 2. The Morgan fingerprint density at radius 3 is 2.74 bits per heavy atom. The van der Waals surface area contributed by atoms with Crippen LogP contribution in [-0.4, -0.2) is 27.6 Å². The minimum absolute atomic E-state index is 0.214. The van der Waals surface area contributed by atoms with Crippen LogP contribution in [-0.2, 0) is 19.7 Å². The molecule has 0 atom stereocenters. The van der Waals surface area contributed by atoms with Crippen LogP contribution >= 0.6 is 27.5 Å². The number of carbonyl (C=O) groups excluding carboxylic acids is 1. The quantitative estimate of drug-likeness (QED) is 0.364. The molecular formula is C23H27BrClN3O3. The molecule has 0 saturated carbocycles. The van der Waals surface area contributed by atoms with E-state index in [1.165, 1.54) is 0 Å². The first kappa shape index (κ1) is 23.4. The van der Waals surface area contributed by atoms with Gasteiger partial charge in [0, 0.05) is 24.8 Å². The smallest absolute Gasteiger partial charge is 0.289 e. The highest BCUT2D eigenvalue weighted by Crippen LogP contribution is 2.32. The number of benzene rings is 1. The Hall–Kier alpha value is -2.25. The molecule has 3 aromatic rings. The Kier molecular flexibility index (Phi) is 7.49. The van der Waals surface area contributed by atoms with E-state index in [2.05, 4.69) is 34.9 Å². The van der Waals surface area contributed by atoms with Gasteiger partial charge in [0.05, 0.1) is 16.7 Å². The predicted molar refractivity (Wildman–Crippen MR) is 125 cm³/mol. The van der Waals surface area contributed by atoms with Crippen molar-refractivity contribution in [2.45, 2.75) is 53.3 Å². The first-order valence-electron chi connectivity index (χ1n) is 10.2. The van der Waals surface area contributed by atoms with Crippen molar-refractivity contribution < 1.29 is 13.9 Å². The van der Waals surface area contributed by atoms with Gasteiger partial charge in [-0.3, -0.25) is 9.48 Å². The molecule has 0 radical (unpaired) electrons. The van der Waals surface area contributed by atoms with E-state index in [1.807, 2.05) is 36.9 Å². The van der Waals surface area contributed by atoms with Crippen LogP contribution in [0, 0.1) is 6.92 Å². The summed E-state index contributed by atoms with van der Waals surface area (Å²) in [6.45, 7) is 9.51. The maximum atomic E-state index is 12.8. The van der Waals surface area contributed by atoms with Crippen molar-refractivity contribution in [2.24, 2.45) is 0 Å². The van der Waals surface area contributed by atoms with Gasteiger partial charge in [0.25, 0.3) is 5.91 Å². The number of aromatic nitrogens is 2. The maximum absolute atomic E-state index is 12.8. The van der Waals surface area contributed by atoms with Crippen molar-refractivity contribution in [3.05, 3.63) is 68.3 Å². The summed E-state index contributed by atoms with van der Waals surface area (Å²) in [5.74, 6) is 1.68. The summed E-state index contributed by atoms with van der Waals surface area (Å²) >= 11 is 9.76. The Balaban J connectivity index is 1.67. The Morgan fingerprint density at radius 1 is 1.35 bits per heavy atom. The molecule has 0 aliphatic heterocycles. The highest BCUT2D eigenvalue weighted by Gasteiger charge is 2.19. The average Bonchev–Trinajstić information content (AvgIpc) is 3.34. The molecule has 6 nitrogen and oxygen atoms in total. The van der Waals surface area contributed by atoms with Crippen molar-refractivity contribution in [1.29, 1.82) is 0 Å². The van der Waals surface area contributed by atoms with Gasteiger partial charge in [0.1, 0.15) is 18.1 Å². The predicted octanol–water partition coefficient (Wildman–Crippen LogP) is 6.19. The van der Waals surface area contributed by atoms with Gasteiger partial charge in [-0.05, 0) is 71.1 Å². The maximum Gasteiger partial charge on any atom is 0.289 e. The second-order valence-corrected chi connectivity index (χ2v) is 9.05. The topological polar surface area (TPSA) is 60.5 Å². The largest absolute Gasteiger partial charge is 0.485 e. The van der Waals surface area contributed by atoms with Crippen molar-refractivity contribution in [3.8, 4) is 5.75 Å². The zero-order chi connectivity index (χ0) is 22.7. The summed E-state index contributed by atoms with van der Waals surface area (Å²) in [5.41, 5.74) is 2.79. The molecule has 3 rings (SSSR count). The molecule has 0 aliphatic rings. The van der Waals surface area contributed by atoms with E-state index in [9.17, 15) is 4.79 Å². The van der Waals surface area contributed by atoms with Crippen LogP contribution in [0.3, 0.4) is 0 Å². The highest BCUT2D eigenvalue weighted by molar-refractivity contribution is 9.10. The van der Waals surface area contributed by atoms with E-state index in [0.717, 1.165) is 38.6 Å². The third-order valence-electron chi connectivity index (χ3n) is 5.00. The average molecular weight is 509 g/mol. The molecule has 0 spiro atoms. The number of aryl methyl sites for hydroxylation is 2. The van der Waals surface area contributed by atoms with Gasteiger partial charge in [-0.1, -0.05) is 25.4 Å². The van der Waals surface area contributed by atoms with Crippen molar-refractivity contribution in [2.75, 3.05) is 7.05 Å². The van der Waals surface area contributed by atoms with Crippen LogP contribution in [0.2, 0.25) is 5.02 Å². The fraction of sp³-hybridized carbons (Fsp3) is 0.391. The normalized spacial score (nSPS) is 11.2. The van der Waals surface area contributed by atoms with Gasteiger partial charge in [-0.25, -0.2) is 0 Å². The van der Waals surface area contributed by atoms with E-state index >= 15 is 0 Å². The Bertz CT molecular complexity index is 1070. The summed E-state index contributed by atoms with van der Waals surface area (Å²) in [4.78, 5) is 14.4. The molecule has 31 heavy (non-hydrogen) atoms. The van der Waals surface area contributed by atoms with Gasteiger partial charge >= 0.3 is 0 Å². The number of hydrogen-bond donors (Lipinski definition) is 0. The zero-order valence-corrected chi connectivity index (χ0v) is 20.7. The van der Waals surface area contributed by atoms with Gasteiger partial charge < -0.3 is 14.1 Å². The summed E-state index contributed by atoms with van der Waals surface area (Å²) in [6, 6.07) is 7.32. The molecule has 0 bridgehead atoms. The number of carbonyl (C=O) groups is 1. The number of amides is 1. The molecule has 166 valence electrons. The lowest BCUT2D eigenvalue weighted by molar-refractivity contribution is 0.0747. The van der Waals surface area contributed by atoms with Crippen LogP contribution in [0.4, 0.5) is 0 Å². The monoisotopic (exact) mass is 507 g/mol. The molecule has 0 aliphatic carbocycles. The summed E-state index contributed by atoms with van der Waals surface area (Å²) in [5, 5.41) is 5.19. The fourth-order valence-corrected chi connectivity index (χ4v) is 3.77. The Morgan fingerprint density at radius 2 is 2.10 bits per heavy atom. The summed E-state index contributed by atoms with van der Waals surface area (Å²) in [6.07, 6.45) is 1.90. The molecule has 1 aromatic carbocycles. The lowest BCUT2D eigenvalue weighted by atomic mass is 10.0. The first-order valence-corrected chi connectivity index (χ1v) is 11.4. The van der Waals surface area contributed by atoms with E-state index in [1.54, 1.807) is 24.1 Å². The van der Waals surface area contributed by atoms with Crippen molar-refractivity contribution in [1.82, 2.24) is 14.7 Å². The molecule has 0 saturated heterocycles. The highest BCUT2D eigenvalue weighted by atomic mass is 79.9. The number of rotatable bonds is 8. The van der Waals surface area contributed by atoms with Gasteiger partial charge in [-0.15, -0.1) is 0 Å². The van der Waals surface area contributed by atoms with Crippen LogP contribution < -0.4 is 4.74 Å². The molecular weight excluding hydrogens is 482 g/mol. The third-order valence-corrected chi connectivity index (χ3v) is 6.07. The van der Waals surface area contributed by atoms with E-state index in [-0.39, 0.29) is 24.2 Å². The minimum atomic E-state index is -0.214. The first-order chi connectivity index (χ1) is 14.7. The molecule has 0 fully saturated rings. The van der Waals surface area contributed by atoms with E-state index < -0.39 is 0 Å². The standard InChI is InChI=1S/C23H27BrClN3O3/c1-6-28-11-18(24)20(26-28)12-27(5)23(29)21-8-7-16(31-21)13-30-22-9-15(4)19(25)10-17(22)14(2)3/h7-11,14H,6,12-13H2,1-5H3. The lowest BCUT2D eigenvalue weighted by Crippen LogP contribution is -2.26. The van der Waals surface area contributed by atoms with Crippen LogP contribution in [0.15, 0.2) is 39.4 Å². The molecule has 1 amide bonds. The van der Waals surface area contributed by atoms with E-state index in [0.29, 0.717) is 12.3 Å². The summed E-state index contributed by atoms with van der Waals surface area (Å²) < 4.78 is 14.5. The number of furan rings is 1. The fourth-order valence-electron chi connectivity index (χ4n) is 3.16. The van der Waals surface area contributed by atoms with Crippen LogP contribution in [0.5, 0.6) is 5.75 Å². The number of ether oxygens (including phenoxy) is 1. The van der Waals surface area contributed by atoms with Crippen molar-refractivity contribution >= 4 is 33.4 Å². The van der Waals surface area contributed by atoms with Crippen molar-refractivity contribution in [3.63, 3.8) is 0 Å². The molecule has 0 N–H and O–H groups in total. The molecule has 2 heterocycles.